The van der Waals surface area contributed by atoms with Gasteiger partial charge in [0, 0.05) is 0 Å². The van der Waals surface area contributed by atoms with Crippen LogP contribution in [0, 0.1) is 0 Å². The lowest BCUT2D eigenvalue weighted by Crippen LogP contribution is -2.36. The molecule has 1 aliphatic heterocycles. The van der Waals surface area contributed by atoms with Crippen molar-refractivity contribution in [3.63, 3.8) is 0 Å². The molecule has 3 rings (SSSR count). The van der Waals surface area contributed by atoms with Crippen LogP contribution in [0.25, 0.3) is 11.2 Å². The van der Waals surface area contributed by atoms with Crippen molar-refractivity contribution >= 4 is 36.3 Å². The summed E-state index contributed by atoms with van der Waals surface area (Å²) in [7, 11) is -4.99. The van der Waals surface area contributed by atoms with E-state index in [1.54, 1.807) is 6.07 Å². The van der Waals surface area contributed by atoms with Crippen LogP contribution in [0.5, 0.6) is 0 Å². The van der Waals surface area contributed by atoms with E-state index in [1.807, 2.05) is 0 Å². The predicted molar refractivity (Wildman–Crippen MR) is 96.9 cm³/mol. The first-order valence-corrected chi connectivity index (χ1v) is 10.5. The van der Waals surface area contributed by atoms with Gasteiger partial charge in [-0.3, -0.25) is 9.13 Å². The Bertz CT molecular complexity index is 935. The number of imidazole rings is 1. The van der Waals surface area contributed by atoms with Crippen LogP contribution in [0.15, 0.2) is 18.5 Å². The van der Waals surface area contributed by atoms with Crippen LogP contribution in [-0.2, 0) is 23.6 Å². The topological polar surface area (TPSA) is 173 Å². The molecule has 0 saturated carbocycles. The fourth-order valence-corrected chi connectivity index (χ4v) is 3.65. The van der Waals surface area contributed by atoms with Crippen molar-refractivity contribution in [3.8, 4) is 0 Å². The molecule has 0 spiro atoms. The number of nitrogens with zero attached hydrogens (tertiary/aromatic N) is 3. The fourth-order valence-electron chi connectivity index (χ4n) is 2.87. The first kappa shape index (κ1) is 22.1. The number of halogens is 1. The van der Waals surface area contributed by atoms with E-state index in [-0.39, 0.29) is 11.8 Å². The molecule has 0 bridgehead atoms. The van der Waals surface area contributed by atoms with E-state index < -0.39 is 50.6 Å². The van der Waals surface area contributed by atoms with E-state index in [9.17, 15) is 29.4 Å². The third-order valence-corrected chi connectivity index (χ3v) is 5.39. The summed E-state index contributed by atoms with van der Waals surface area (Å²) in [6, 6.07) is 3.15. The Morgan fingerprint density at radius 2 is 2.10 bits per heavy atom. The molecule has 1 aliphatic rings. The molecule has 1 fully saturated rings. The number of hydrogen-bond donors (Lipinski definition) is 4. The summed E-state index contributed by atoms with van der Waals surface area (Å²) in [6.45, 7) is 0.768. The van der Waals surface area contributed by atoms with E-state index in [4.69, 9.17) is 21.1 Å². The Morgan fingerprint density at radius 3 is 2.76 bits per heavy atom. The first-order chi connectivity index (χ1) is 13.6. The minimum absolute atomic E-state index is 0.106. The molecule has 0 amide bonds. The van der Waals surface area contributed by atoms with Crippen LogP contribution in [0.3, 0.4) is 0 Å². The number of ether oxygens (including phenoxy) is 3. The lowest BCUT2D eigenvalue weighted by molar-refractivity contribution is -0.155. The smallest absolute Gasteiger partial charge is 0.365 e. The number of aromatic nitrogens is 3. The molecule has 29 heavy (non-hydrogen) atoms. The molecule has 160 valence electrons. The summed E-state index contributed by atoms with van der Waals surface area (Å²) in [5.74, 6) is -3.42. The van der Waals surface area contributed by atoms with E-state index in [1.165, 1.54) is 23.9 Å². The van der Waals surface area contributed by atoms with Crippen molar-refractivity contribution in [1.82, 2.24) is 14.5 Å². The zero-order valence-electron chi connectivity index (χ0n) is 15.0. The Labute approximate surface area is 169 Å². The molecule has 12 nitrogen and oxygen atoms in total. The Morgan fingerprint density at radius 1 is 1.38 bits per heavy atom. The number of carbonyl (C=O) groups excluding carboxylic acids is 1. The molecule has 0 aliphatic carbocycles. The highest BCUT2D eigenvalue weighted by Crippen LogP contribution is 2.43. The van der Waals surface area contributed by atoms with Crippen LogP contribution in [0.2, 0.25) is 5.15 Å². The molecule has 2 aromatic heterocycles. The third-order valence-electron chi connectivity index (χ3n) is 4.21. The highest BCUT2D eigenvalue weighted by atomic mass is 35.5. The van der Waals surface area contributed by atoms with E-state index in [2.05, 4.69) is 14.7 Å². The van der Waals surface area contributed by atoms with Gasteiger partial charge in [-0.2, -0.15) is 0 Å². The zero-order valence-corrected chi connectivity index (χ0v) is 16.7. The lowest BCUT2D eigenvalue weighted by atomic mass is 10.1. The monoisotopic (exact) mass is 451 g/mol. The number of pyridine rings is 1. The van der Waals surface area contributed by atoms with Gasteiger partial charge in [-0.15, -0.1) is 0 Å². The summed E-state index contributed by atoms with van der Waals surface area (Å²) < 4.78 is 28.1. The molecular weight excluding hydrogens is 433 g/mol. The molecule has 0 radical (unpaired) electrons. The highest BCUT2D eigenvalue weighted by Gasteiger charge is 2.46. The van der Waals surface area contributed by atoms with E-state index in [0.717, 1.165) is 0 Å². The molecular formula is C15H19ClN3O9P. The van der Waals surface area contributed by atoms with Crippen molar-refractivity contribution in [2.75, 3.05) is 13.2 Å². The van der Waals surface area contributed by atoms with Gasteiger partial charge in [0.15, 0.2) is 11.9 Å². The Hall–Kier alpha value is -1.63. The summed E-state index contributed by atoms with van der Waals surface area (Å²) in [4.78, 5) is 38.6. The maximum Gasteiger partial charge on any atom is 0.365 e. The zero-order chi connectivity index (χ0) is 21.3. The van der Waals surface area contributed by atoms with Gasteiger partial charge >= 0.3 is 13.6 Å². The average molecular weight is 452 g/mol. The standard InChI is InChI=1S/C15H19ClN3O9P/c1-2-26-14(22)15(29(23,24)25)27-5-8-10(20)11(21)13(28-8)19-6-17-7-3-4-9(16)18-12(7)19/h3-4,6,8,10-11,13,15,20-21H,2,5H2,1H3,(H2,23,24,25)/t8-,10-,11-,13-,15+/m1/s1. The Balaban J connectivity index is 1.76. The van der Waals surface area contributed by atoms with Crippen molar-refractivity contribution in [2.45, 2.75) is 37.3 Å². The molecule has 14 heteroatoms. The number of rotatable bonds is 7. The maximum atomic E-state index is 11.7. The highest BCUT2D eigenvalue weighted by molar-refractivity contribution is 7.53. The van der Waals surface area contributed by atoms with Crippen LogP contribution in [-0.4, -0.2) is 77.9 Å². The van der Waals surface area contributed by atoms with Gasteiger partial charge in [-0.25, -0.2) is 14.8 Å². The summed E-state index contributed by atoms with van der Waals surface area (Å²) >= 11 is 5.89. The normalized spacial score (nSPS) is 26.0. The van der Waals surface area contributed by atoms with E-state index in [0.29, 0.717) is 11.2 Å². The summed E-state index contributed by atoms with van der Waals surface area (Å²) in [6.07, 6.45) is -3.88. The van der Waals surface area contributed by atoms with Crippen molar-refractivity contribution in [3.05, 3.63) is 23.6 Å². The van der Waals surface area contributed by atoms with Gasteiger partial charge < -0.3 is 34.2 Å². The lowest BCUT2D eigenvalue weighted by Gasteiger charge is -2.20. The average Bonchev–Trinajstić information content (AvgIpc) is 3.16. The van der Waals surface area contributed by atoms with E-state index >= 15 is 0 Å². The number of esters is 1. The number of carbonyl (C=O) groups is 1. The molecule has 4 N–H and O–H groups in total. The molecule has 0 aromatic carbocycles. The van der Waals surface area contributed by atoms with Gasteiger partial charge in [-0.1, -0.05) is 11.6 Å². The van der Waals surface area contributed by atoms with Gasteiger partial charge in [0.05, 0.1) is 19.5 Å². The van der Waals surface area contributed by atoms with Crippen LogP contribution >= 0.6 is 19.2 Å². The Kier molecular flexibility index (Phi) is 6.56. The second-order valence-electron chi connectivity index (χ2n) is 6.20. The van der Waals surface area contributed by atoms with Gasteiger partial charge in [0.25, 0.3) is 5.85 Å². The number of fused-ring (bicyclic) bond motifs is 1. The second-order valence-corrected chi connectivity index (χ2v) is 8.24. The predicted octanol–water partition coefficient (Wildman–Crippen LogP) is -0.213. The van der Waals surface area contributed by atoms with Crippen LogP contribution in [0.1, 0.15) is 13.2 Å². The fraction of sp³-hybridized carbons (Fsp3) is 0.533. The largest absolute Gasteiger partial charge is 0.464 e. The van der Waals surface area contributed by atoms with Gasteiger partial charge in [-0.05, 0) is 19.1 Å². The van der Waals surface area contributed by atoms with Crippen molar-refractivity contribution in [2.24, 2.45) is 0 Å². The molecule has 2 aromatic rings. The first-order valence-electron chi connectivity index (χ1n) is 8.47. The summed E-state index contributed by atoms with van der Waals surface area (Å²) in [5.41, 5.74) is 0.776. The van der Waals surface area contributed by atoms with Gasteiger partial charge in [0.2, 0.25) is 0 Å². The minimum atomic E-state index is -4.99. The molecule has 0 unspecified atom stereocenters. The quantitative estimate of drug-likeness (QED) is 0.249. The third kappa shape index (κ3) is 4.60. The van der Waals surface area contributed by atoms with Crippen LogP contribution < -0.4 is 0 Å². The molecule has 5 atom stereocenters. The number of hydrogen-bond acceptors (Lipinski definition) is 9. The maximum absolute atomic E-state index is 11.7. The van der Waals surface area contributed by atoms with Crippen LogP contribution in [0.4, 0.5) is 0 Å². The molecule has 1 saturated heterocycles. The SMILES string of the molecule is CCOC(=O)[C@@H](OC[C@H]1O[C@@H](n2cnc3ccc(Cl)nc32)[C@H](O)[C@@H]1O)P(=O)(O)O. The van der Waals surface area contributed by atoms with Crippen molar-refractivity contribution in [1.29, 1.82) is 0 Å². The second kappa shape index (κ2) is 8.62. The van der Waals surface area contributed by atoms with Crippen molar-refractivity contribution < 1.29 is 43.6 Å². The number of aliphatic hydroxyl groups is 2. The number of aliphatic hydroxyl groups excluding tert-OH is 2. The summed E-state index contributed by atoms with van der Waals surface area (Å²) in [5, 5.41) is 20.8. The molecule has 3 heterocycles. The minimum Gasteiger partial charge on any atom is -0.464 e. The van der Waals surface area contributed by atoms with Gasteiger partial charge in [0.1, 0.15) is 29.0 Å².